The molecule has 84 valence electrons. The Morgan fingerprint density at radius 2 is 2.33 bits per heavy atom. The lowest BCUT2D eigenvalue weighted by molar-refractivity contribution is -0.143. The third kappa shape index (κ3) is 3.58. The molecule has 0 saturated carbocycles. The zero-order chi connectivity index (χ0) is 11.3. The predicted molar refractivity (Wildman–Crippen MR) is 57.8 cm³/mol. The minimum atomic E-state index is -0.888. The summed E-state index contributed by atoms with van der Waals surface area (Å²) in [5.74, 6) is -0.709. The smallest absolute Gasteiger partial charge is 0.319 e. The first-order valence-corrected chi connectivity index (χ1v) is 5.86. The van der Waals surface area contributed by atoms with E-state index in [9.17, 15) is 9.59 Å². The SMILES string of the molecule is CCOC(=O)C1SCC=CC1CC(=O)O. The number of rotatable bonds is 4. The number of carboxylic acids is 1. The lowest BCUT2D eigenvalue weighted by Gasteiger charge is -2.23. The molecule has 1 rings (SSSR count). The van der Waals surface area contributed by atoms with E-state index < -0.39 is 5.97 Å². The van der Waals surface area contributed by atoms with Gasteiger partial charge in [0, 0.05) is 11.7 Å². The van der Waals surface area contributed by atoms with Crippen LogP contribution in [0.3, 0.4) is 0 Å². The second-order valence-corrected chi connectivity index (χ2v) is 4.37. The van der Waals surface area contributed by atoms with Crippen molar-refractivity contribution in [2.24, 2.45) is 5.92 Å². The van der Waals surface area contributed by atoms with E-state index in [0.717, 1.165) is 5.75 Å². The van der Waals surface area contributed by atoms with Gasteiger partial charge in [0.25, 0.3) is 0 Å². The molecule has 2 atom stereocenters. The maximum Gasteiger partial charge on any atom is 0.319 e. The molecular weight excluding hydrogens is 216 g/mol. The van der Waals surface area contributed by atoms with Crippen LogP contribution in [-0.2, 0) is 14.3 Å². The highest BCUT2D eigenvalue weighted by Gasteiger charge is 2.31. The minimum Gasteiger partial charge on any atom is -0.481 e. The van der Waals surface area contributed by atoms with Crippen molar-refractivity contribution in [1.82, 2.24) is 0 Å². The van der Waals surface area contributed by atoms with Crippen LogP contribution in [0.2, 0.25) is 0 Å². The first-order chi connectivity index (χ1) is 7.15. The van der Waals surface area contributed by atoms with Gasteiger partial charge in [-0.25, -0.2) is 0 Å². The van der Waals surface area contributed by atoms with E-state index >= 15 is 0 Å². The van der Waals surface area contributed by atoms with Gasteiger partial charge in [-0.3, -0.25) is 9.59 Å². The number of carboxylic acid groups (broad SMARTS) is 1. The topological polar surface area (TPSA) is 63.6 Å². The molecule has 0 amide bonds. The highest BCUT2D eigenvalue weighted by Crippen LogP contribution is 2.29. The molecule has 0 fully saturated rings. The molecule has 0 aromatic heterocycles. The minimum absolute atomic E-state index is 0.0209. The van der Waals surface area contributed by atoms with Crippen molar-refractivity contribution in [3.63, 3.8) is 0 Å². The highest BCUT2D eigenvalue weighted by atomic mass is 32.2. The van der Waals surface area contributed by atoms with E-state index in [1.54, 1.807) is 13.0 Å². The van der Waals surface area contributed by atoms with Crippen LogP contribution < -0.4 is 0 Å². The average Bonchev–Trinajstić information content (AvgIpc) is 2.18. The number of aliphatic carboxylic acids is 1. The Kier molecular flexibility index (Phi) is 4.68. The molecule has 0 bridgehead atoms. The van der Waals surface area contributed by atoms with E-state index in [0.29, 0.717) is 6.61 Å². The van der Waals surface area contributed by atoms with Crippen molar-refractivity contribution >= 4 is 23.7 Å². The van der Waals surface area contributed by atoms with Gasteiger partial charge < -0.3 is 9.84 Å². The number of ether oxygens (including phenoxy) is 1. The largest absolute Gasteiger partial charge is 0.481 e. The first kappa shape index (κ1) is 12.1. The number of esters is 1. The zero-order valence-corrected chi connectivity index (χ0v) is 9.33. The lowest BCUT2D eigenvalue weighted by Crippen LogP contribution is -2.31. The Hall–Kier alpha value is -0.970. The Balaban J connectivity index is 2.63. The van der Waals surface area contributed by atoms with E-state index in [2.05, 4.69) is 0 Å². The summed E-state index contributed by atoms with van der Waals surface area (Å²) in [6.45, 7) is 2.08. The van der Waals surface area contributed by atoms with Crippen LogP contribution in [-0.4, -0.2) is 34.7 Å². The summed E-state index contributed by atoms with van der Waals surface area (Å²) in [5, 5.41) is 8.33. The summed E-state index contributed by atoms with van der Waals surface area (Å²) >= 11 is 1.44. The van der Waals surface area contributed by atoms with Gasteiger partial charge in [-0.2, -0.15) is 0 Å². The fourth-order valence-electron chi connectivity index (χ4n) is 1.46. The molecule has 0 aliphatic carbocycles. The summed E-state index contributed by atoms with van der Waals surface area (Å²) in [6.07, 6.45) is 3.67. The van der Waals surface area contributed by atoms with E-state index in [1.165, 1.54) is 11.8 Å². The maximum atomic E-state index is 11.5. The van der Waals surface area contributed by atoms with Crippen LogP contribution in [0.25, 0.3) is 0 Å². The Morgan fingerprint density at radius 3 is 2.93 bits per heavy atom. The molecule has 0 radical (unpaired) electrons. The molecule has 1 aliphatic rings. The summed E-state index contributed by atoms with van der Waals surface area (Å²) in [7, 11) is 0. The fraction of sp³-hybridized carbons (Fsp3) is 0.600. The second-order valence-electron chi connectivity index (χ2n) is 3.20. The van der Waals surface area contributed by atoms with Crippen molar-refractivity contribution in [3.05, 3.63) is 12.2 Å². The van der Waals surface area contributed by atoms with Gasteiger partial charge in [-0.05, 0) is 6.92 Å². The number of thioether (sulfide) groups is 1. The number of hydrogen-bond acceptors (Lipinski definition) is 4. The summed E-state index contributed by atoms with van der Waals surface area (Å²) in [6, 6.07) is 0. The van der Waals surface area contributed by atoms with Gasteiger partial charge in [-0.1, -0.05) is 12.2 Å². The van der Waals surface area contributed by atoms with Crippen molar-refractivity contribution < 1.29 is 19.4 Å². The molecule has 0 spiro atoms. The molecule has 1 N–H and O–H groups in total. The van der Waals surface area contributed by atoms with Crippen LogP contribution in [0.1, 0.15) is 13.3 Å². The quantitative estimate of drug-likeness (QED) is 0.582. The zero-order valence-electron chi connectivity index (χ0n) is 8.51. The van der Waals surface area contributed by atoms with Crippen LogP contribution in [0, 0.1) is 5.92 Å². The van der Waals surface area contributed by atoms with Crippen LogP contribution >= 0.6 is 11.8 Å². The molecular formula is C10H14O4S. The van der Waals surface area contributed by atoms with Crippen LogP contribution in [0.15, 0.2) is 12.2 Å². The number of carbonyl (C=O) groups excluding carboxylic acids is 1. The molecule has 1 heterocycles. The molecule has 15 heavy (non-hydrogen) atoms. The van der Waals surface area contributed by atoms with E-state index in [-0.39, 0.29) is 23.6 Å². The number of hydrogen-bond donors (Lipinski definition) is 1. The Labute approximate surface area is 92.7 Å². The monoisotopic (exact) mass is 230 g/mol. The molecule has 0 aromatic carbocycles. The summed E-state index contributed by atoms with van der Waals surface area (Å²) in [4.78, 5) is 22.1. The van der Waals surface area contributed by atoms with Gasteiger partial charge in [0.1, 0.15) is 5.25 Å². The second kappa shape index (κ2) is 5.80. The predicted octanol–water partition coefficient (Wildman–Crippen LogP) is 1.31. The summed E-state index contributed by atoms with van der Waals surface area (Å²) in [5.41, 5.74) is 0. The standard InChI is InChI=1S/C10H14O4S/c1-2-14-10(13)9-7(6-8(11)12)4-3-5-15-9/h3-4,7,9H,2,5-6H2,1H3,(H,11,12). The first-order valence-electron chi connectivity index (χ1n) is 4.81. The maximum absolute atomic E-state index is 11.5. The van der Waals surface area contributed by atoms with Crippen molar-refractivity contribution in [1.29, 1.82) is 0 Å². The third-order valence-corrected chi connectivity index (χ3v) is 3.36. The van der Waals surface area contributed by atoms with Crippen LogP contribution in [0.4, 0.5) is 0 Å². The van der Waals surface area contributed by atoms with E-state index in [1.807, 2.05) is 6.08 Å². The molecule has 1 aliphatic heterocycles. The third-order valence-electron chi connectivity index (χ3n) is 2.07. The highest BCUT2D eigenvalue weighted by molar-refractivity contribution is 8.00. The fourth-order valence-corrected chi connectivity index (χ4v) is 2.53. The van der Waals surface area contributed by atoms with Crippen molar-refractivity contribution in [2.75, 3.05) is 12.4 Å². The van der Waals surface area contributed by atoms with Gasteiger partial charge in [-0.15, -0.1) is 11.8 Å². The van der Waals surface area contributed by atoms with E-state index in [4.69, 9.17) is 9.84 Å². The van der Waals surface area contributed by atoms with Crippen LogP contribution in [0.5, 0.6) is 0 Å². The van der Waals surface area contributed by atoms with Gasteiger partial charge in [0.2, 0.25) is 0 Å². The van der Waals surface area contributed by atoms with Gasteiger partial charge >= 0.3 is 11.9 Å². The molecule has 0 saturated heterocycles. The van der Waals surface area contributed by atoms with Gasteiger partial charge in [0.05, 0.1) is 13.0 Å². The number of carbonyl (C=O) groups is 2. The van der Waals surface area contributed by atoms with Crippen molar-refractivity contribution in [3.8, 4) is 0 Å². The Morgan fingerprint density at radius 1 is 1.60 bits per heavy atom. The molecule has 0 aromatic rings. The normalized spacial score (nSPS) is 24.9. The average molecular weight is 230 g/mol. The number of allylic oxidation sites excluding steroid dienone is 1. The Bertz CT molecular complexity index is 275. The van der Waals surface area contributed by atoms with Gasteiger partial charge in [0.15, 0.2) is 0 Å². The molecule has 2 unspecified atom stereocenters. The molecule has 4 nitrogen and oxygen atoms in total. The van der Waals surface area contributed by atoms with Crippen molar-refractivity contribution in [2.45, 2.75) is 18.6 Å². The molecule has 5 heteroatoms. The summed E-state index contributed by atoms with van der Waals surface area (Å²) < 4.78 is 4.91. The lowest BCUT2D eigenvalue weighted by atomic mass is 10.00.